The molecule has 3 aromatic rings. The van der Waals surface area contributed by atoms with Crippen molar-refractivity contribution in [3.8, 4) is 5.75 Å². The molecule has 0 heterocycles. The Morgan fingerprint density at radius 3 is 2.39 bits per heavy atom. The molecule has 0 bridgehead atoms. The van der Waals surface area contributed by atoms with E-state index < -0.39 is 4.92 Å². The number of aryl methyl sites for hydroxylation is 1. The molecule has 0 saturated carbocycles. The third kappa shape index (κ3) is 5.15. The Hall–Kier alpha value is -2.76. The summed E-state index contributed by atoms with van der Waals surface area (Å²) in [7, 11) is 0. The van der Waals surface area contributed by atoms with Crippen LogP contribution in [0.15, 0.2) is 60.7 Å². The van der Waals surface area contributed by atoms with Crippen LogP contribution in [0.3, 0.4) is 0 Å². The van der Waals surface area contributed by atoms with E-state index >= 15 is 0 Å². The molecule has 144 valence electrons. The molecule has 3 aromatic carbocycles. The molecule has 0 spiro atoms. The zero-order chi connectivity index (χ0) is 20.1. The summed E-state index contributed by atoms with van der Waals surface area (Å²) < 4.78 is 5.93. The minimum Gasteiger partial charge on any atom is -0.489 e. The normalized spacial score (nSPS) is 10.5. The van der Waals surface area contributed by atoms with Crippen LogP contribution in [0.25, 0.3) is 0 Å². The summed E-state index contributed by atoms with van der Waals surface area (Å²) in [6.07, 6.45) is 0. The van der Waals surface area contributed by atoms with Crippen LogP contribution < -0.4 is 10.1 Å². The molecule has 0 aliphatic rings. The van der Waals surface area contributed by atoms with Crippen LogP contribution >= 0.6 is 23.2 Å². The number of anilines is 1. The van der Waals surface area contributed by atoms with Crippen molar-refractivity contribution in [3.05, 3.63) is 97.5 Å². The largest absolute Gasteiger partial charge is 0.489 e. The number of hydrogen-bond donors (Lipinski definition) is 1. The van der Waals surface area contributed by atoms with E-state index in [1.54, 1.807) is 18.2 Å². The Morgan fingerprint density at radius 1 is 1.00 bits per heavy atom. The third-order valence-electron chi connectivity index (χ3n) is 4.23. The van der Waals surface area contributed by atoms with Crippen molar-refractivity contribution < 1.29 is 9.66 Å². The first-order valence-corrected chi connectivity index (χ1v) is 9.32. The lowest BCUT2D eigenvalue weighted by Gasteiger charge is -2.15. The molecule has 7 heteroatoms. The maximum Gasteiger partial charge on any atom is 0.269 e. The van der Waals surface area contributed by atoms with Crippen LogP contribution in [-0.4, -0.2) is 4.92 Å². The van der Waals surface area contributed by atoms with Crippen LogP contribution in [0.5, 0.6) is 5.75 Å². The second kappa shape index (κ2) is 8.95. The highest BCUT2D eigenvalue weighted by Gasteiger charge is 2.08. The van der Waals surface area contributed by atoms with Gasteiger partial charge in [0.2, 0.25) is 0 Å². The Labute approximate surface area is 173 Å². The van der Waals surface area contributed by atoms with Gasteiger partial charge in [0.15, 0.2) is 0 Å². The van der Waals surface area contributed by atoms with Gasteiger partial charge < -0.3 is 10.1 Å². The Bertz CT molecular complexity index is 991. The van der Waals surface area contributed by atoms with Crippen molar-refractivity contribution in [1.29, 1.82) is 0 Å². The van der Waals surface area contributed by atoms with E-state index in [1.807, 2.05) is 37.3 Å². The first kappa shape index (κ1) is 20.0. The van der Waals surface area contributed by atoms with Crippen molar-refractivity contribution in [2.24, 2.45) is 0 Å². The summed E-state index contributed by atoms with van der Waals surface area (Å²) >= 11 is 12.2. The summed E-state index contributed by atoms with van der Waals surface area (Å²) in [5.74, 6) is 0.690. The number of nitrogens with one attached hydrogen (secondary N) is 1. The van der Waals surface area contributed by atoms with Crippen molar-refractivity contribution in [3.63, 3.8) is 0 Å². The molecule has 0 amide bonds. The average molecular weight is 417 g/mol. The van der Waals surface area contributed by atoms with Crippen LogP contribution in [0.4, 0.5) is 11.4 Å². The first-order chi connectivity index (χ1) is 13.4. The molecule has 0 unspecified atom stereocenters. The van der Waals surface area contributed by atoms with Gasteiger partial charge in [-0.25, -0.2) is 0 Å². The fourth-order valence-corrected chi connectivity index (χ4v) is 3.04. The van der Waals surface area contributed by atoms with Crippen molar-refractivity contribution in [1.82, 2.24) is 0 Å². The van der Waals surface area contributed by atoms with Gasteiger partial charge in [-0.1, -0.05) is 29.3 Å². The van der Waals surface area contributed by atoms with Gasteiger partial charge in [-0.3, -0.25) is 10.1 Å². The van der Waals surface area contributed by atoms with Gasteiger partial charge in [0.1, 0.15) is 12.4 Å². The van der Waals surface area contributed by atoms with E-state index in [2.05, 4.69) is 5.32 Å². The smallest absolute Gasteiger partial charge is 0.269 e. The van der Waals surface area contributed by atoms with Gasteiger partial charge in [-0.05, 0) is 60.5 Å². The van der Waals surface area contributed by atoms with Gasteiger partial charge in [-0.15, -0.1) is 0 Å². The number of rotatable bonds is 7. The first-order valence-electron chi connectivity index (χ1n) is 8.57. The quantitative estimate of drug-likeness (QED) is 0.357. The lowest BCUT2D eigenvalue weighted by molar-refractivity contribution is -0.384. The van der Waals surface area contributed by atoms with Crippen LogP contribution in [0.2, 0.25) is 10.0 Å². The lowest BCUT2D eigenvalue weighted by atomic mass is 10.1. The summed E-state index contributed by atoms with van der Waals surface area (Å²) in [6.45, 7) is 2.81. The maximum absolute atomic E-state index is 10.7. The van der Waals surface area contributed by atoms with Crippen molar-refractivity contribution >= 4 is 34.6 Å². The maximum atomic E-state index is 10.7. The fraction of sp³-hybridized carbons (Fsp3) is 0.143. The molecule has 0 aliphatic carbocycles. The zero-order valence-electron chi connectivity index (χ0n) is 15.1. The molecule has 0 aromatic heterocycles. The van der Waals surface area contributed by atoms with Crippen molar-refractivity contribution in [2.75, 3.05) is 5.32 Å². The number of halogens is 2. The predicted octanol–water partition coefficient (Wildman–Crippen LogP) is 6.40. The predicted molar refractivity (Wildman–Crippen MR) is 112 cm³/mol. The molecule has 3 rings (SSSR count). The van der Waals surface area contributed by atoms with Gasteiger partial charge in [0.05, 0.1) is 4.92 Å². The third-order valence-corrected chi connectivity index (χ3v) is 4.70. The highest BCUT2D eigenvalue weighted by molar-refractivity contribution is 6.31. The molecule has 0 atom stereocenters. The number of nitro benzene ring substituents is 1. The van der Waals surface area contributed by atoms with Crippen LogP contribution in [0.1, 0.15) is 16.7 Å². The van der Waals surface area contributed by atoms with E-state index in [4.69, 9.17) is 27.9 Å². The minimum absolute atomic E-state index is 0.0528. The lowest BCUT2D eigenvalue weighted by Crippen LogP contribution is -2.05. The average Bonchev–Trinajstić information content (AvgIpc) is 2.68. The van der Waals surface area contributed by atoms with E-state index in [0.29, 0.717) is 28.9 Å². The molecule has 28 heavy (non-hydrogen) atoms. The van der Waals surface area contributed by atoms with Crippen LogP contribution in [0, 0.1) is 17.0 Å². The molecular weight excluding hydrogens is 399 g/mol. The number of benzene rings is 3. The second-order valence-corrected chi connectivity index (χ2v) is 7.15. The van der Waals surface area contributed by atoms with E-state index in [-0.39, 0.29) is 5.69 Å². The number of ether oxygens (including phenoxy) is 1. The number of non-ortho nitro benzene ring substituents is 1. The summed E-state index contributed by atoms with van der Waals surface area (Å²) in [6, 6.07) is 17.4. The number of nitro groups is 1. The Kier molecular flexibility index (Phi) is 6.39. The zero-order valence-corrected chi connectivity index (χ0v) is 16.6. The SMILES string of the molecule is Cc1ccc(Cl)cc1NCc1cc(Cl)ccc1OCc1ccc([N+](=O)[O-])cc1. The van der Waals surface area contributed by atoms with Gasteiger partial charge in [0, 0.05) is 40.0 Å². The number of hydrogen-bond acceptors (Lipinski definition) is 4. The molecule has 0 radical (unpaired) electrons. The summed E-state index contributed by atoms with van der Waals surface area (Å²) in [5, 5.41) is 15.4. The van der Waals surface area contributed by atoms with E-state index in [9.17, 15) is 10.1 Å². The molecule has 0 fully saturated rings. The van der Waals surface area contributed by atoms with Crippen LogP contribution in [-0.2, 0) is 13.2 Å². The van der Waals surface area contributed by atoms with Gasteiger partial charge in [-0.2, -0.15) is 0 Å². The van der Waals surface area contributed by atoms with E-state index in [0.717, 1.165) is 22.4 Å². The molecule has 5 nitrogen and oxygen atoms in total. The highest BCUT2D eigenvalue weighted by atomic mass is 35.5. The second-order valence-electron chi connectivity index (χ2n) is 6.28. The minimum atomic E-state index is -0.425. The molecule has 0 aliphatic heterocycles. The summed E-state index contributed by atoms with van der Waals surface area (Å²) in [4.78, 5) is 10.3. The standard InChI is InChI=1S/C21H18Cl2N2O3/c1-14-2-5-18(23)11-20(14)24-12-16-10-17(22)6-9-21(16)28-13-15-3-7-19(8-4-15)25(26)27/h2-11,24H,12-13H2,1H3. The molecule has 1 N–H and O–H groups in total. The monoisotopic (exact) mass is 416 g/mol. The van der Waals surface area contributed by atoms with E-state index in [1.165, 1.54) is 12.1 Å². The fourth-order valence-electron chi connectivity index (χ4n) is 2.68. The summed E-state index contributed by atoms with van der Waals surface area (Å²) in [5.41, 5.74) is 3.81. The van der Waals surface area contributed by atoms with Crippen molar-refractivity contribution in [2.45, 2.75) is 20.1 Å². The molecular formula is C21H18Cl2N2O3. The number of nitrogens with zero attached hydrogens (tertiary/aromatic N) is 1. The molecule has 0 saturated heterocycles. The topological polar surface area (TPSA) is 64.4 Å². The van der Waals surface area contributed by atoms with Gasteiger partial charge in [0.25, 0.3) is 5.69 Å². The highest BCUT2D eigenvalue weighted by Crippen LogP contribution is 2.27. The Balaban J connectivity index is 1.71. The van der Waals surface area contributed by atoms with Gasteiger partial charge >= 0.3 is 0 Å². The Morgan fingerprint density at radius 2 is 1.68 bits per heavy atom.